The molecule has 0 spiro atoms. The Kier molecular flexibility index (Phi) is 15.2. The first-order valence-electron chi connectivity index (χ1n) is 20.1. The highest BCUT2D eigenvalue weighted by molar-refractivity contribution is 8.02. The fraction of sp³-hybridized carbons (Fsp3) is 0.435. The SMILES string of the molecule is CCCC(CCC)(CCC)Sc1ccc(-c2ccc(-c3ccnc(-c4cc(-c5ccc(-c6ccc(SC(CCC)(CCC)CCC)s6)s5)ccn4)c3)s2)s1. The normalized spacial score (nSPS) is 12.2. The van der Waals surface area contributed by atoms with Crippen LogP contribution in [0, 0.1) is 0 Å². The van der Waals surface area contributed by atoms with Crippen molar-refractivity contribution in [1.29, 1.82) is 0 Å². The second-order valence-corrected chi connectivity index (χ2v) is 22.4. The van der Waals surface area contributed by atoms with Crippen molar-refractivity contribution in [3.8, 4) is 51.8 Å². The van der Waals surface area contributed by atoms with Crippen molar-refractivity contribution in [2.45, 2.75) is 137 Å². The summed E-state index contributed by atoms with van der Waals surface area (Å²) >= 11 is 11.9. The van der Waals surface area contributed by atoms with Gasteiger partial charge in [-0.05, 0) is 122 Å². The minimum Gasteiger partial charge on any atom is -0.255 e. The number of hydrogen-bond donors (Lipinski definition) is 0. The van der Waals surface area contributed by atoms with Crippen LogP contribution in [-0.2, 0) is 0 Å². The molecule has 0 N–H and O–H groups in total. The van der Waals surface area contributed by atoms with Crippen LogP contribution >= 0.6 is 68.9 Å². The van der Waals surface area contributed by atoms with Gasteiger partial charge >= 0.3 is 0 Å². The van der Waals surface area contributed by atoms with Gasteiger partial charge in [0.1, 0.15) is 0 Å². The molecule has 8 heteroatoms. The first-order chi connectivity index (χ1) is 26.4. The predicted molar refractivity (Wildman–Crippen MR) is 247 cm³/mol. The number of thiophene rings is 4. The number of hydrogen-bond acceptors (Lipinski definition) is 8. The molecule has 0 fully saturated rings. The second kappa shape index (κ2) is 19.8. The van der Waals surface area contributed by atoms with Crippen LogP contribution in [0.15, 0.2) is 93.6 Å². The Morgan fingerprint density at radius 1 is 0.407 bits per heavy atom. The average Bonchev–Trinajstić information content (AvgIpc) is 4.00. The van der Waals surface area contributed by atoms with Gasteiger partial charge in [-0.15, -0.1) is 68.9 Å². The zero-order valence-electron chi connectivity index (χ0n) is 32.9. The van der Waals surface area contributed by atoms with Crippen LogP contribution in [0.25, 0.3) is 51.8 Å². The molecule has 6 aromatic heterocycles. The van der Waals surface area contributed by atoms with E-state index in [2.05, 4.69) is 138 Å². The Morgan fingerprint density at radius 2 is 0.722 bits per heavy atom. The molecule has 0 aliphatic rings. The number of nitrogens with zero attached hydrogens (tertiary/aromatic N) is 2. The van der Waals surface area contributed by atoms with Gasteiger partial charge in [0.2, 0.25) is 0 Å². The molecule has 0 atom stereocenters. The number of thioether (sulfide) groups is 2. The van der Waals surface area contributed by atoms with Gasteiger partial charge in [-0.3, -0.25) is 9.97 Å². The fourth-order valence-electron chi connectivity index (χ4n) is 7.93. The highest BCUT2D eigenvalue weighted by Gasteiger charge is 2.30. The standard InChI is InChI=1S/C46H56N2S6/c1-7-23-45(24-8-2,25-9-3)53-43-19-17-41(51-43)39-15-13-37(49-39)33-21-29-47-35(31-33)36-32-34(22-30-48-36)38-14-16-40(50-38)42-18-20-44(52-42)54-46(26-10-4,27-11-5)28-12-6/h13-22,29-32H,7-12,23-28H2,1-6H3. The van der Waals surface area contributed by atoms with Crippen LogP contribution in [0.1, 0.15) is 119 Å². The third-order valence-corrected chi connectivity index (χ3v) is 18.3. The molecule has 2 nitrogen and oxygen atoms in total. The summed E-state index contributed by atoms with van der Waals surface area (Å²) in [5.74, 6) is 0. The van der Waals surface area contributed by atoms with Crippen LogP contribution in [-0.4, -0.2) is 19.5 Å². The Bertz CT molecular complexity index is 1870. The van der Waals surface area contributed by atoms with Gasteiger partial charge in [0.15, 0.2) is 0 Å². The summed E-state index contributed by atoms with van der Waals surface area (Å²) in [7, 11) is 0. The van der Waals surface area contributed by atoms with E-state index in [0.717, 1.165) is 11.4 Å². The minimum absolute atomic E-state index is 0.364. The van der Waals surface area contributed by atoms with Gasteiger partial charge in [-0.1, -0.05) is 80.1 Å². The summed E-state index contributed by atoms with van der Waals surface area (Å²) in [5, 5.41) is 0. The van der Waals surface area contributed by atoms with Gasteiger partial charge in [0.05, 0.1) is 19.8 Å². The molecule has 286 valence electrons. The lowest BCUT2D eigenvalue weighted by Crippen LogP contribution is -2.23. The lowest BCUT2D eigenvalue weighted by atomic mass is 9.92. The molecule has 0 amide bonds. The highest BCUT2D eigenvalue weighted by atomic mass is 32.2. The summed E-state index contributed by atoms with van der Waals surface area (Å²) in [4.78, 5) is 17.5. The van der Waals surface area contributed by atoms with Crippen molar-refractivity contribution in [1.82, 2.24) is 9.97 Å². The lowest BCUT2D eigenvalue weighted by Gasteiger charge is -2.32. The van der Waals surface area contributed by atoms with Crippen molar-refractivity contribution in [3.05, 3.63) is 85.2 Å². The summed E-state index contributed by atoms with van der Waals surface area (Å²) in [6.07, 6.45) is 19.1. The maximum atomic E-state index is 4.79. The topological polar surface area (TPSA) is 25.8 Å². The zero-order chi connectivity index (χ0) is 38.0. The Morgan fingerprint density at radius 3 is 1.07 bits per heavy atom. The van der Waals surface area contributed by atoms with E-state index in [-0.39, 0.29) is 0 Å². The number of aromatic nitrogens is 2. The lowest BCUT2D eigenvalue weighted by molar-refractivity contribution is 0.454. The third kappa shape index (κ3) is 10.2. The molecule has 0 saturated heterocycles. The summed E-state index contributed by atoms with van der Waals surface area (Å²) in [5.41, 5.74) is 4.19. The molecule has 0 bridgehead atoms. The third-order valence-electron chi connectivity index (χ3n) is 10.1. The fourth-order valence-corrected chi connectivity index (χ4v) is 16.5. The van der Waals surface area contributed by atoms with Gasteiger partial charge in [-0.2, -0.15) is 0 Å². The largest absolute Gasteiger partial charge is 0.255 e. The number of pyridine rings is 2. The molecule has 0 saturated carbocycles. The molecular weight excluding hydrogens is 773 g/mol. The van der Waals surface area contributed by atoms with Crippen molar-refractivity contribution in [2.75, 3.05) is 0 Å². The molecule has 0 radical (unpaired) electrons. The van der Waals surface area contributed by atoms with Crippen molar-refractivity contribution in [3.63, 3.8) is 0 Å². The van der Waals surface area contributed by atoms with Gasteiger partial charge in [0.25, 0.3) is 0 Å². The van der Waals surface area contributed by atoms with Gasteiger partial charge in [-0.25, -0.2) is 0 Å². The Labute approximate surface area is 349 Å². The minimum atomic E-state index is 0.364. The van der Waals surface area contributed by atoms with Crippen LogP contribution < -0.4 is 0 Å². The predicted octanol–water partition coefficient (Wildman–Crippen LogP) is 17.5. The molecule has 54 heavy (non-hydrogen) atoms. The molecular formula is C46H56N2S6. The van der Waals surface area contributed by atoms with Crippen LogP contribution in [0.3, 0.4) is 0 Å². The first-order valence-corrected chi connectivity index (χ1v) is 25.0. The molecule has 6 heterocycles. The first kappa shape index (κ1) is 41.4. The molecule has 0 aliphatic carbocycles. The summed E-state index contributed by atoms with van der Waals surface area (Å²) < 4.78 is 3.63. The monoisotopic (exact) mass is 828 g/mol. The van der Waals surface area contributed by atoms with E-state index in [0.29, 0.717) is 9.49 Å². The van der Waals surface area contributed by atoms with E-state index >= 15 is 0 Å². The highest BCUT2D eigenvalue weighted by Crippen LogP contribution is 2.50. The quantitative estimate of drug-likeness (QED) is 0.0675. The average molecular weight is 829 g/mol. The molecule has 0 aliphatic heterocycles. The Hall–Kier alpha value is -2.20. The maximum Gasteiger partial charge on any atom is 0.0892 e. The van der Waals surface area contributed by atoms with Gasteiger partial charge in [0, 0.05) is 51.2 Å². The Balaban J connectivity index is 1.16. The van der Waals surface area contributed by atoms with Gasteiger partial charge < -0.3 is 0 Å². The summed E-state index contributed by atoms with van der Waals surface area (Å²) in [6, 6.07) is 27.1. The smallest absolute Gasteiger partial charge is 0.0892 e. The van der Waals surface area contributed by atoms with E-state index in [4.69, 9.17) is 9.97 Å². The van der Waals surface area contributed by atoms with Crippen molar-refractivity contribution in [2.24, 2.45) is 0 Å². The van der Waals surface area contributed by atoms with E-state index in [1.54, 1.807) is 0 Å². The second-order valence-electron chi connectivity index (χ2n) is 14.5. The van der Waals surface area contributed by atoms with E-state index < -0.39 is 0 Å². The number of rotatable bonds is 21. The molecule has 0 unspecified atom stereocenters. The van der Waals surface area contributed by atoms with E-state index in [9.17, 15) is 0 Å². The van der Waals surface area contributed by atoms with E-state index in [1.807, 2.05) is 57.7 Å². The molecule has 0 aromatic carbocycles. The molecule has 6 aromatic rings. The van der Waals surface area contributed by atoms with Crippen molar-refractivity contribution < 1.29 is 0 Å². The van der Waals surface area contributed by atoms with Crippen LogP contribution in [0.5, 0.6) is 0 Å². The van der Waals surface area contributed by atoms with Crippen LogP contribution in [0.2, 0.25) is 0 Å². The van der Waals surface area contributed by atoms with Crippen molar-refractivity contribution >= 4 is 68.9 Å². The maximum absolute atomic E-state index is 4.79. The van der Waals surface area contributed by atoms with Crippen LogP contribution in [0.4, 0.5) is 0 Å². The summed E-state index contributed by atoms with van der Waals surface area (Å²) in [6.45, 7) is 14.0. The van der Waals surface area contributed by atoms with E-state index in [1.165, 1.54) is 126 Å². The zero-order valence-corrected chi connectivity index (χ0v) is 37.8. The molecule has 6 rings (SSSR count).